The summed E-state index contributed by atoms with van der Waals surface area (Å²) in [7, 11) is 1.65. The summed E-state index contributed by atoms with van der Waals surface area (Å²) < 4.78 is 5.34. The van der Waals surface area contributed by atoms with Crippen molar-refractivity contribution < 1.29 is 9.53 Å². The summed E-state index contributed by atoms with van der Waals surface area (Å²) in [5.74, 6) is 0.119. The molecule has 0 spiro atoms. The fraction of sp³-hybridized carbons (Fsp3) is 0.385. The Bertz CT molecular complexity index is 454. The summed E-state index contributed by atoms with van der Waals surface area (Å²) in [6.45, 7) is 2.08. The summed E-state index contributed by atoms with van der Waals surface area (Å²) in [6, 6.07) is 9.08. The number of anilines is 1. The first-order chi connectivity index (χ1) is 8.54. The highest BCUT2D eigenvalue weighted by atomic mass is 16.5. The minimum atomic E-state index is -0.194. The molecule has 5 nitrogen and oxygen atoms in total. The van der Waals surface area contributed by atoms with E-state index in [1.165, 1.54) is 4.90 Å². The first-order valence-corrected chi connectivity index (χ1v) is 5.65. The van der Waals surface area contributed by atoms with Gasteiger partial charge in [0.15, 0.2) is 6.61 Å². The summed E-state index contributed by atoms with van der Waals surface area (Å²) in [5, 5.41) is 8.67. The van der Waals surface area contributed by atoms with Crippen molar-refractivity contribution in [1.82, 2.24) is 4.90 Å². The Morgan fingerprint density at radius 2 is 2.22 bits per heavy atom. The predicted octanol–water partition coefficient (Wildman–Crippen LogP) is 1.27. The van der Waals surface area contributed by atoms with Crippen LogP contribution in [0.1, 0.15) is 6.92 Å². The molecule has 0 aromatic heterocycles. The second-order valence-electron chi connectivity index (χ2n) is 4.13. The molecule has 0 radical (unpaired) electrons. The molecule has 18 heavy (non-hydrogen) atoms. The number of rotatable bonds is 5. The Kier molecular flexibility index (Phi) is 5.00. The van der Waals surface area contributed by atoms with Gasteiger partial charge in [0.2, 0.25) is 0 Å². The zero-order valence-electron chi connectivity index (χ0n) is 10.6. The Morgan fingerprint density at radius 1 is 1.56 bits per heavy atom. The number of nitrogen functional groups attached to an aromatic ring is 1. The number of likely N-dealkylation sites (N-methyl/N-ethyl adjacent to an activating group) is 1. The molecule has 0 aliphatic heterocycles. The molecule has 1 rings (SSSR count). The van der Waals surface area contributed by atoms with Gasteiger partial charge in [-0.1, -0.05) is 12.1 Å². The third kappa shape index (κ3) is 3.98. The molecule has 1 amide bonds. The number of ether oxygens (including phenoxy) is 1. The van der Waals surface area contributed by atoms with Gasteiger partial charge in [0, 0.05) is 13.6 Å². The number of amides is 1. The van der Waals surface area contributed by atoms with Gasteiger partial charge >= 0.3 is 0 Å². The molecule has 0 saturated carbocycles. The smallest absolute Gasteiger partial charge is 0.260 e. The summed E-state index contributed by atoms with van der Waals surface area (Å²) >= 11 is 0. The topological polar surface area (TPSA) is 79.3 Å². The first kappa shape index (κ1) is 13.8. The SMILES string of the molecule is CC(C#N)CN(C)C(=O)COc1ccccc1N. The van der Waals surface area contributed by atoms with Crippen molar-refractivity contribution >= 4 is 11.6 Å². The molecule has 5 heteroatoms. The van der Waals surface area contributed by atoms with E-state index in [4.69, 9.17) is 15.7 Å². The lowest BCUT2D eigenvalue weighted by atomic mass is 10.2. The number of nitrogens with two attached hydrogens (primary N) is 1. The number of carbonyl (C=O) groups is 1. The van der Waals surface area contributed by atoms with Crippen LogP contribution in [0.2, 0.25) is 0 Å². The van der Waals surface area contributed by atoms with Crippen molar-refractivity contribution in [2.45, 2.75) is 6.92 Å². The van der Waals surface area contributed by atoms with E-state index in [-0.39, 0.29) is 18.4 Å². The zero-order chi connectivity index (χ0) is 13.5. The normalized spacial score (nSPS) is 11.4. The van der Waals surface area contributed by atoms with Gasteiger partial charge in [0.1, 0.15) is 5.75 Å². The van der Waals surface area contributed by atoms with Crippen molar-refractivity contribution in [3.63, 3.8) is 0 Å². The third-order valence-electron chi connectivity index (χ3n) is 2.46. The van der Waals surface area contributed by atoms with Gasteiger partial charge in [-0.05, 0) is 19.1 Å². The highest BCUT2D eigenvalue weighted by Gasteiger charge is 2.13. The molecule has 0 aliphatic carbocycles. The third-order valence-corrected chi connectivity index (χ3v) is 2.46. The molecule has 2 N–H and O–H groups in total. The molecule has 1 atom stereocenters. The Labute approximate surface area is 107 Å². The van der Waals surface area contributed by atoms with Crippen molar-refractivity contribution in [3.05, 3.63) is 24.3 Å². The van der Waals surface area contributed by atoms with E-state index >= 15 is 0 Å². The second kappa shape index (κ2) is 6.50. The maximum absolute atomic E-state index is 11.7. The minimum Gasteiger partial charge on any atom is -0.482 e. The summed E-state index contributed by atoms with van der Waals surface area (Å²) in [5.41, 5.74) is 6.19. The lowest BCUT2D eigenvalue weighted by molar-refractivity contribution is -0.132. The number of benzene rings is 1. The van der Waals surface area contributed by atoms with Crippen LogP contribution in [-0.4, -0.2) is 31.0 Å². The number of hydrogen-bond donors (Lipinski definition) is 1. The molecule has 0 bridgehead atoms. The van der Waals surface area contributed by atoms with Crippen LogP contribution in [0.15, 0.2) is 24.3 Å². The number of hydrogen-bond acceptors (Lipinski definition) is 4. The van der Waals surface area contributed by atoms with Crippen LogP contribution in [-0.2, 0) is 4.79 Å². The van der Waals surface area contributed by atoms with Crippen LogP contribution < -0.4 is 10.5 Å². The van der Waals surface area contributed by atoms with Crippen LogP contribution in [0.3, 0.4) is 0 Å². The molecule has 96 valence electrons. The fourth-order valence-electron chi connectivity index (χ4n) is 1.42. The van der Waals surface area contributed by atoms with E-state index in [9.17, 15) is 4.79 Å². The van der Waals surface area contributed by atoms with Gasteiger partial charge in [0.05, 0.1) is 17.7 Å². The zero-order valence-corrected chi connectivity index (χ0v) is 10.6. The number of nitrogens with zero attached hydrogens (tertiary/aromatic N) is 2. The molecule has 0 fully saturated rings. The standard InChI is InChI=1S/C13H17N3O2/c1-10(7-14)8-16(2)13(17)9-18-12-6-4-3-5-11(12)15/h3-6,10H,8-9,15H2,1-2H3. The average molecular weight is 247 g/mol. The number of nitriles is 1. The molecule has 1 aromatic rings. The summed E-state index contributed by atoms with van der Waals surface area (Å²) in [6.07, 6.45) is 0. The van der Waals surface area contributed by atoms with Gasteiger partial charge in [0.25, 0.3) is 5.91 Å². The van der Waals surface area contributed by atoms with Crippen LogP contribution in [0.4, 0.5) is 5.69 Å². The molecule has 0 saturated heterocycles. The van der Waals surface area contributed by atoms with Gasteiger partial charge in [-0.3, -0.25) is 4.79 Å². The fourth-order valence-corrected chi connectivity index (χ4v) is 1.42. The minimum absolute atomic E-state index is 0.0805. The van der Waals surface area contributed by atoms with Crippen LogP contribution in [0.5, 0.6) is 5.75 Å². The molecule has 1 aromatic carbocycles. The highest BCUT2D eigenvalue weighted by Crippen LogP contribution is 2.19. The molecule has 0 aliphatic rings. The molecular weight excluding hydrogens is 230 g/mol. The van der Waals surface area contributed by atoms with E-state index in [0.29, 0.717) is 18.0 Å². The van der Waals surface area contributed by atoms with Crippen molar-refractivity contribution in [3.8, 4) is 11.8 Å². The molecule has 1 unspecified atom stereocenters. The quantitative estimate of drug-likeness (QED) is 0.794. The van der Waals surface area contributed by atoms with Gasteiger partial charge in [-0.2, -0.15) is 5.26 Å². The number of para-hydroxylation sites is 2. The maximum atomic E-state index is 11.7. The summed E-state index contributed by atoms with van der Waals surface area (Å²) in [4.78, 5) is 13.2. The van der Waals surface area contributed by atoms with Crippen LogP contribution >= 0.6 is 0 Å². The number of carbonyl (C=O) groups excluding carboxylic acids is 1. The van der Waals surface area contributed by atoms with E-state index in [1.807, 2.05) is 0 Å². The molecular formula is C13H17N3O2. The first-order valence-electron chi connectivity index (χ1n) is 5.65. The second-order valence-corrected chi connectivity index (χ2v) is 4.13. The lowest BCUT2D eigenvalue weighted by Gasteiger charge is -2.18. The Balaban J connectivity index is 2.47. The van der Waals surface area contributed by atoms with E-state index < -0.39 is 0 Å². The average Bonchev–Trinajstić information content (AvgIpc) is 2.37. The van der Waals surface area contributed by atoms with Gasteiger partial charge in [-0.15, -0.1) is 0 Å². The lowest BCUT2D eigenvalue weighted by Crippen LogP contribution is -2.34. The van der Waals surface area contributed by atoms with E-state index in [2.05, 4.69) is 6.07 Å². The van der Waals surface area contributed by atoms with Crippen molar-refractivity contribution in [2.75, 3.05) is 25.9 Å². The van der Waals surface area contributed by atoms with Crippen LogP contribution in [0, 0.1) is 17.2 Å². The van der Waals surface area contributed by atoms with Gasteiger partial charge in [-0.25, -0.2) is 0 Å². The highest BCUT2D eigenvalue weighted by molar-refractivity contribution is 5.77. The predicted molar refractivity (Wildman–Crippen MR) is 68.8 cm³/mol. The maximum Gasteiger partial charge on any atom is 0.260 e. The largest absolute Gasteiger partial charge is 0.482 e. The Morgan fingerprint density at radius 3 is 2.83 bits per heavy atom. The van der Waals surface area contributed by atoms with Crippen molar-refractivity contribution in [2.24, 2.45) is 5.92 Å². The van der Waals surface area contributed by atoms with Crippen molar-refractivity contribution in [1.29, 1.82) is 5.26 Å². The van der Waals surface area contributed by atoms with Crippen LogP contribution in [0.25, 0.3) is 0 Å². The van der Waals surface area contributed by atoms with Gasteiger partial charge < -0.3 is 15.4 Å². The Hall–Kier alpha value is -2.22. The van der Waals surface area contributed by atoms with E-state index in [1.54, 1.807) is 38.2 Å². The molecule has 0 heterocycles. The monoisotopic (exact) mass is 247 g/mol. The van der Waals surface area contributed by atoms with E-state index in [0.717, 1.165) is 0 Å².